The van der Waals surface area contributed by atoms with Crippen molar-refractivity contribution in [2.75, 3.05) is 53.5 Å². The Morgan fingerprint density at radius 1 is 1.41 bits per heavy atom. The molecule has 1 fully saturated rings. The molecule has 124 valence electrons. The summed E-state index contributed by atoms with van der Waals surface area (Å²) in [5.41, 5.74) is 0. The molecule has 6 heteroatoms. The van der Waals surface area contributed by atoms with Crippen LogP contribution in [0.25, 0.3) is 0 Å². The van der Waals surface area contributed by atoms with Gasteiger partial charge in [-0.15, -0.1) is 0 Å². The molecule has 0 amide bonds. The van der Waals surface area contributed by atoms with Gasteiger partial charge >= 0.3 is 0 Å². The van der Waals surface area contributed by atoms with E-state index >= 15 is 0 Å². The van der Waals surface area contributed by atoms with E-state index in [1.165, 1.54) is 0 Å². The van der Waals surface area contributed by atoms with Gasteiger partial charge in [-0.05, 0) is 38.4 Å². The number of morpholine rings is 1. The number of benzene rings is 1. The Labute approximate surface area is 137 Å². The standard InChI is InChI=1S/C16H25ClN2O3/c1-18(2)10-16-11-19(7-8-21-16)9-14(20)12-22-15-5-3-13(17)4-6-15/h3-6,14,16,20H,7-12H2,1-2H3/t14-,16-/m1/s1. The molecule has 0 unspecified atom stereocenters. The first-order valence-corrected chi connectivity index (χ1v) is 7.96. The second-order valence-corrected chi connectivity index (χ2v) is 6.37. The number of halogens is 1. The molecule has 1 aliphatic rings. The highest BCUT2D eigenvalue weighted by atomic mass is 35.5. The number of hydrogen-bond acceptors (Lipinski definition) is 5. The van der Waals surface area contributed by atoms with E-state index in [2.05, 4.69) is 9.80 Å². The maximum absolute atomic E-state index is 10.1. The Balaban J connectivity index is 1.71. The highest BCUT2D eigenvalue weighted by molar-refractivity contribution is 6.30. The minimum atomic E-state index is -0.520. The van der Waals surface area contributed by atoms with Gasteiger partial charge in [0.15, 0.2) is 0 Å². The van der Waals surface area contributed by atoms with Gasteiger partial charge in [0.1, 0.15) is 18.5 Å². The molecule has 0 saturated carbocycles. The van der Waals surface area contributed by atoms with Crippen molar-refractivity contribution >= 4 is 11.6 Å². The summed E-state index contributed by atoms with van der Waals surface area (Å²) in [4.78, 5) is 4.35. The summed E-state index contributed by atoms with van der Waals surface area (Å²) in [6, 6.07) is 7.15. The molecule has 5 nitrogen and oxygen atoms in total. The van der Waals surface area contributed by atoms with Gasteiger partial charge in [-0.1, -0.05) is 11.6 Å². The summed E-state index contributed by atoms with van der Waals surface area (Å²) >= 11 is 5.83. The number of aliphatic hydroxyl groups excluding tert-OH is 1. The molecule has 22 heavy (non-hydrogen) atoms. The van der Waals surface area contributed by atoms with E-state index in [1.807, 2.05) is 14.1 Å². The quantitative estimate of drug-likeness (QED) is 0.818. The summed E-state index contributed by atoms with van der Waals surface area (Å²) < 4.78 is 11.3. The Morgan fingerprint density at radius 3 is 2.82 bits per heavy atom. The zero-order valence-corrected chi connectivity index (χ0v) is 14.0. The van der Waals surface area contributed by atoms with E-state index in [-0.39, 0.29) is 12.7 Å². The van der Waals surface area contributed by atoms with Crippen LogP contribution in [0.1, 0.15) is 0 Å². The molecule has 0 spiro atoms. The number of nitrogens with zero attached hydrogens (tertiary/aromatic N) is 2. The Kier molecular flexibility index (Phi) is 6.92. The van der Waals surface area contributed by atoms with Gasteiger partial charge in [-0.25, -0.2) is 0 Å². The third-order valence-corrected chi connectivity index (χ3v) is 3.77. The van der Waals surface area contributed by atoms with Crippen molar-refractivity contribution in [1.82, 2.24) is 9.80 Å². The fraction of sp³-hybridized carbons (Fsp3) is 0.625. The molecule has 1 aliphatic heterocycles. The summed E-state index contributed by atoms with van der Waals surface area (Å²) in [5.74, 6) is 0.718. The summed E-state index contributed by atoms with van der Waals surface area (Å²) in [6.07, 6.45) is -0.318. The lowest BCUT2D eigenvalue weighted by Crippen LogP contribution is -2.49. The molecule has 1 aromatic carbocycles. The fourth-order valence-corrected chi connectivity index (χ4v) is 2.66. The van der Waals surface area contributed by atoms with Crippen LogP contribution >= 0.6 is 11.6 Å². The van der Waals surface area contributed by atoms with Crippen molar-refractivity contribution < 1.29 is 14.6 Å². The van der Waals surface area contributed by atoms with E-state index in [0.717, 1.165) is 25.4 Å². The molecule has 0 radical (unpaired) electrons. The third kappa shape index (κ3) is 6.10. The lowest BCUT2D eigenvalue weighted by Gasteiger charge is -2.35. The molecule has 1 aromatic rings. The SMILES string of the molecule is CN(C)C[C@@H]1CN(C[C@@H](O)COc2ccc(Cl)cc2)CCO1. The second kappa shape index (κ2) is 8.70. The maximum Gasteiger partial charge on any atom is 0.119 e. The van der Waals surface area contributed by atoms with Crippen LogP contribution < -0.4 is 4.74 Å². The molecule has 1 heterocycles. The van der Waals surface area contributed by atoms with E-state index in [1.54, 1.807) is 24.3 Å². The first-order valence-electron chi connectivity index (χ1n) is 7.58. The largest absolute Gasteiger partial charge is 0.491 e. The summed E-state index contributed by atoms with van der Waals surface area (Å²) in [6.45, 7) is 4.17. The monoisotopic (exact) mass is 328 g/mol. The highest BCUT2D eigenvalue weighted by Gasteiger charge is 2.22. The third-order valence-electron chi connectivity index (χ3n) is 3.52. The maximum atomic E-state index is 10.1. The average molecular weight is 329 g/mol. The zero-order chi connectivity index (χ0) is 15.9. The molecule has 0 aromatic heterocycles. The first-order chi connectivity index (χ1) is 10.5. The van der Waals surface area contributed by atoms with Crippen LogP contribution in [0.4, 0.5) is 0 Å². The Morgan fingerprint density at radius 2 is 2.14 bits per heavy atom. The van der Waals surface area contributed by atoms with Gasteiger partial charge in [0.25, 0.3) is 0 Å². The number of β-amino-alcohol motifs (C(OH)–C–C–N with tert-alkyl or cyclic N) is 1. The van der Waals surface area contributed by atoms with Gasteiger partial charge in [0.2, 0.25) is 0 Å². The lowest BCUT2D eigenvalue weighted by atomic mass is 10.2. The smallest absolute Gasteiger partial charge is 0.119 e. The number of hydrogen-bond donors (Lipinski definition) is 1. The molecule has 2 atom stereocenters. The molecule has 1 saturated heterocycles. The number of ether oxygens (including phenoxy) is 2. The number of likely N-dealkylation sites (N-methyl/N-ethyl adjacent to an activating group) is 1. The van der Waals surface area contributed by atoms with Gasteiger partial charge in [-0.2, -0.15) is 0 Å². The van der Waals surface area contributed by atoms with Gasteiger partial charge in [-0.3, -0.25) is 4.90 Å². The lowest BCUT2D eigenvalue weighted by molar-refractivity contribution is -0.0519. The number of aliphatic hydroxyl groups is 1. The van der Waals surface area contributed by atoms with Gasteiger partial charge in [0.05, 0.1) is 12.7 Å². The molecule has 0 bridgehead atoms. The van der Waals surface area contributed by atoms with Crippen LogP contribution in [0, 0.1) is 0 Å². The van der Waals surface area contributed by atoms with Gasteiger partial charge < -0.3 is 19.5 Å². The molecular weight excluding hydrogens is 304 g/mol. The van der Waals surface area contributed by atoms with E-state index in [4.69, 9.17) is 21.1 Å². The Hall–Kier alpha value is -0.850. The number of rotatable bonds is 7. The predicted octanol–water partition coefficient (Wildman–Crippen LogP) is 1.34. The molecule has 0 aliphatic carbocycles. The molecule has 1 N–H and O–H groups in total. The van der Waals surface area contributed by atoms with Crippen molar-refractivity contribution in [3.05, 3.63) is 29.3 Å². The topological polar surface area (TPSA) is 45.2 Å². The van der Waals surface area contributed by atoms with Crippen LogP contribution in [0.3, 0.4) is 0 Å². The Bertz CT molecular complexity index is 442. The van der Waals surface area contributed by atoms with Crippen LogP contribution in [-0.4, -0.2) is 80.6 Å². The zero-order valence-electron chi connectivity index (χ0n) is 13.2. The van der Waals surface area contributed by atoms with Crippen LogP contribution in [0.2, 0.25) is 5.02 Å². The van der Waals surface area contributed by atoms with E-state index < -0.39 is 6.10 Å². The minimum Gasteiger partial charge on any atom is -0.491 e. The van der Waals surface area contributed by atoms with Crippen LogP contribution in [0.15, 0.2) is 24.3 Å². The molecule has 2 rings (SSSR count). The van der Waals surface area contributed by atoms with Crippen molar-refractivity contribution in [3.63, 3.8) is 0 Å². The first kappa shape index (κ1) is 17.5. The predicted molar refractivity (Wildman–Crippen MR) is 87.7 cm³/mol. The van der Waals surface area contributed by atoms with Crippen molar-refractivity contribution in [1.29, 1.82) is 0 Å². The van der Waals surface area contributed by atoms with E-state index in [0.29, 0.717) is 18.2 Å². The summed E-state index contributed by atoms with van der Waals surface area (Å²) in [5, 5.41) is 10.8. The molecular formula is C16H25ClN2O3. The average Bonchev–Trinajstić information content (AvgIpc) is 2.46. The highest BCUT2D eigenvalue weighted by Crippen LogP contribution is 2.16. The van der Waals surface area contributed by atoms with Gasteiger partial charge in [0, 0.05) is 31.2 Å². The van der Waals surface area contributed by atoms with Crippen molar-refractivity contribution in [2.24, 2.45) is 0 Å². The van der Waals surface area contributed by atoms with Crippen molar-refractivity contribution in [3.8, 4) is 5.75 Å². The summed E-state index contributed by atoms with van der Waals surface area (Å²) in [7, 11) is 4.08. The fourth-order valence-electron chi connectivity index (χ4n) is 2.54. The van der Waals surface area contributed by atoms with Crippen molar-refractivity contribution in [2.45, 2.75) is 12.2 Å². The van der Waals surface area contributed by atoms with Crippen LogP contribution in [-0.2, 0) is 4.74 Å². The van der Waals surface area contributed by atoms with E-state index in [9.17, 15) is 5.11 Å². The van der Waals surface area contributed by atoms with Crippen LogP contribution in [0.5, 0.6) is 5.75 Å². The normalized spacial score (nSPS) is 21.0. The second-order valence-electron chi connectivity index (χ2n) is 5.93. The minimum absolute atomic E-state index is 0.202.